The van der Waals surface area contributed by atoms with Gasteiger partial charge < -0.3 is 4.42 Å². The molecular weight excluding hydrogens is 172 g/mol. The van der Waals surface area contributed by atoms with Gasteiger partial charge in [0.05, 0.1) is 6.26 Å². The summed E-state index contributed by atoms with van der Waals surface area (Å²) in [6.45, 7) is 4.36. The van der Waals surface area contributed by atoms with Crippen LogP contribution in [0.4, 0.5) is 0 Å². The Balaban J connectivity index is 2.47. The fourth-order valence-electron chi connectivity index (χ4n) is 1.60. The van der Waals surface area contributed by atoms with Gasteiger partial charge in [0.2, 0.25) is 0 Å². The van der Waals surface area contributed by atoms with Crippen LogP contribution in [-0.2, 0) is 0 Å². The standard InChI is InChI=1S/C13H14O/c1-10(2)12-8-9-14-13(12)11-6-4-3-5-7-11/h3-10H,1-2H3. The maximum Gasteiger partial charge on any atom is 0.137 e. The lowest BCUT2D eigenvalue weighted by Gasteiger charge is -2.04. The van der Waals surface area contributed by atoms with Crippen LogP contribution in [0.2, 0.25) is 0 Å². The first-order valence-corrected chi connectivity index (χ1v) is 4.92. The normalized spacial score (nSPS) is 10.8. The highest BCUT2D eigenvalue weighted by Crippen LogP contribution is 2.29. The van der Waals surface area contributed by atoms with E-state index < -0.39 is 0 Å². The van der Waals surface area contributed by atoms with Gasteiger partial charge in [0.1, 0.15) is 5.76 Å². The van der Waals surface area contributed by atoms with Gasteiger partial charge >= 0.3 is 0 Å². The minimum atomic E-state index is 0.504. The summed E-state index contributed by atoms with van der Waals surface area (Å²) in [5.41, 5.74) is 2.43. The quantitative estimate of drug-likeness (QED) is 0.689. The molecule has 1 aromatic heterocycles. The first-order valence-electron chi connectivity index (χ1n) is 4.92. The van der Waals surface area contributed by atoms with Crippen molar-refractivity contribution in [2.24, 2.45) is 0 Å². The SMILES string of the molecule is CC(C)c1ccoc1-c1ccccc1. The predicted molar refractivity (Wildman–Crippen MR) is 58.2 cm³/mol. The molecular formula is C13H14O. The van der Waals surface area contributed by atoms with Crippen LogP contribution in [0.3, 0.4) is 0 Å². The second kappa shape index (κ2) is 3.70. The molecule has 0 bridgehead atoms. The summed E-state index contributed by atoms with van der Waals surface area (Å²) in [6, 6.07) is 12.3. The zero-order chi connectivity index (χ0) is 9.97. The Hall–Kier alpha value is -1.50. The van der Waals surface area contributed by atoms with E-state index >= 15 is 0 Å². The zero-order valence-corrected chi connectivity index (χ0v) is 8.53. The van der Waals surface area contributed by atoms with Gasteiger partial charge in [0.25, 0.3) is 0 Å². The average molecular weight is 186 g/mol. The van der Waals surface area contributed by atoms with Crippen molar-refractivity contribution in [1.29, 1.82) is 0 Å². The molecule has 1 heteroatoms. The number of furan rings is 1. The summed E-state index contributed by atoms with van der Waals surface area (Å²) < 4.78 is 5.51. The second-order valence-corrected chi connectivity index (χ2v) is 3.73. The van der Waals surface area contributed by atoms with E-state index in [1.807, 2.05) is 24.3 Å². The lowest BCUT2D eigenvalue weighted by Crippen LogP contribution is -1.86. The number of rotatable bonds is 2. The molecule has 2 aromatic rings. The van der Waals surface area contributed by atoms with E-state index in [4.69, 9.17) is 4.42 Å². The second-order valence-electron chi connectivity index (χ2n) is 3.73. The molecule has 1 heterocycles. The number of hydrogen-bond donors (Lipinski definition) is 0. The summed E-state index contributed by atoms with van der Waals surface area (Å²) in [5.74, 6) is 1.50. The van der Waals surface area contributed by atoms with Gasteiger partial charge in [-0.3, -0.25) is 0 Å². The van der Waals surface area contributed by atoms with Gasteiger partial charge in [-0.2, -0.15) is 0 Å². The molecule has 0 atom stereocenters. The molecule has 0 aliphatic heterocycles. The van der Waals surface area contributed by atoms with Crippen molar-refractivity contribution in [2.45, 2.75) is 19.8 Å². The third-order valence-corrected chi connectivity index (χ3v) is 2.35. The van der Waals surface area contributed by atoms with Crippen molar-refractivity contribution >= 4 is 0 Å². The molecule has 0 N–H and O–H groups in total. The van der Waals surface area contributed by atoms with E-state index in [1.165, 1.54) is 5.56 Å². The van der Waals surface area contributed by atoms with Gasteiger partial charge in [-0.15, -0.1) is 0 Å². The molecule has 0 spiro atoms. The molecule has 1 aromatic carbocycles. The molecule has 0 radical (unpaired) electrons. The molecule has 72 valence electrons. The highest BCUT2D eigenvalue weighted by atomic mass is 16.3. The Morgan fingerprint density at radius 2 is 1.71 bits per heavy atom. The van der Waals surface area contributed by atoms with Crippen molar-refractivity contribution in [3.63, 3.8) is 0 Å². The fourth-order valence-corrected chi connectivity index (χ4v) is 1.60. The summed E-state index contributed by atoms with van der Waals surface area (Å²) >= 11 is 0. The van der Waals surface area contributed by atoms with Crippen LogP contribution < -0.4 is 0 Å². The molecule has 0 unspecified atom stereocenters. The molecule has 0 saturated carbocycles. The van der Waals surface area contributed by atoms with E-state index in [1.54, 1.807) is 6.26 Å². The third kappa shape index (κ3) is 1.58. The molecule has 2 rings (SSSR count). The maximum absolute atomic E-state index is 5.51. The van der Waals surface area contributed by atoms with E-state index in [2.05, 4.69) is 26.0 Å². The van der Waals surface area contributed by atoms with Crippen molar-refractivity contribution in [2.75, 3.05) is 0 Å². The lowest BCUT2D eigenvalue weighted by atomic mass is 10.0. The Morgan fingerprint density at radius 1 is 1.00 bits per heavy atom. The molecule has 0 aliphatic rings. The Labute approximate surface area is 84.4 Å². The number of hydrogen-bond acceptors (Lipinski definition) is 1. The van der Waals surface area contributed by atoms with E-state index in [0.717, 1.165) is 11.3 Å². The van der Waals surface area contributed by atoms with Gasteiger partial charge in [0.15, 0.2) is 0 Å². The van der Waals surface area contributed by atoms with Crippen LogP contribution in [0.25, 0.3) is 11.3 Å². The van der Waals surface area contributed by atoms with E-state index in [9.17, 15) is 0 Å². The third-order valence-electron chi connectivity index (χ3n) is 2.35. The molecule has 0 saturated heterocycles. The van der Waals surface area contributed by atoms with Crippen molar-refractivity contribution in [1.82, 2.24) is 0 Å². The van der Waals surface area contributed by atoms with Crippen molar-refractivity contribution in [3.05, 3.63) is 48.2 Å². The Morgan fingerprint density at radius 3 is 2.36 bits per heavy atom. The summed E-state index contributed by atoms with van der Waals surface area (Å²) in [6.07, 6.45) is 1.76. The minimum Gasteiger partial charge on any atom is -0.464 e. The van der Waals surface area contributed by atoms with Gasteiger partial charge in [0, 0.05) is 11.1 Å². The van der Waals surface area contributed by atoms with Crippen LogP contribution in [0.1, 0.15) is 25.3 Å². The minimum absolute atomic E-state index is 0.504. The molecule has 14 heavy (non-hydrogen) atoms. The molecule has 0 fully saturated rings. The van der Waals surface area contributed by atoms with Crippen molar-refractivity contribution in [3.8, 4) is 11.3 Å². The van der Waals surface area contributed by atoms with Crippen LogP contribution in [0.5, 0.6) is 0 Å². The van der Waals surface area contributed by atoms with E-state index in [0.29, 0.717) is 5.92 Å². The van der Waals surface area contributed by atoms with Crippen LogP contribution >= 0.6 is 0 Å². The smallest absolute Gasteiger partial charge is 0.137 e. The van der Waals surface area contributed by atoms with Gasteiger partial charge in [-0.25, -0.2) is 0 Å². The molecule has 0 amide bonds. The van der Waals surface area contributed by atoms with Gasteiger partial charge in [-0.05, 0) is 12.0 Å². The molecule has 1 nitrogen and oxygen atoms in total. The van der Waals surface area contributed by atoms with Gasteiger partial charge in [-0.1, -0.05) is 44.2 Å². The van der Waals surface area contributed by atoms with Crippen molar-refractivity contribution < 1.29 is 4.42 Å². The first-order chi connectivity index (χ1) is 6.79. The highest BCUT2D eigenvalue weighted by Gasteiger charge is 2.10. The average Bonchev–Trinajstić information content (AvgIpc) is 2.67. The zero-order valence-electron chi connectivity index (χ0n) is 8.53. The summed E-state index contributed by atoms with van der Waals surface area (Å²) in [5, 5.41) is 0. The van der Waals surface area contributed by atoms with E-state index in [-0.39, 0.29) is 0 Å². The Kier molecular flexibility index (Phi) is 2.40. The Bertz CT molecular complexity index is 398. The topological polar surface area (TPSA) is 13.1 Å². The maximum atomic E-state index is 5.51. The van der Waals surface area contributed by atoms with Crippen LogP contribution in [-0.4, -0.2) is 0 Å². The number of benzene rings is 1. The summed E-state index contributed by atoms with van der Waals surface area (Å²) in [4.78, 5) is 0. The molecule has 0 aliphatic carbocycles. The monoisotopic (exact) mass is 186 g/mol. The largest absolute Gasteiger partial charge is 0.464 e. The highest BCUT2D eigenvalue weighted by molar-refractivity contribution is 5.61. The van der Waals surface area contributed by atoms with Crippen LogP contribution in [0.15, 0.2) is 47.1 Å². The lowest BCUT2D eigenvalue weighted by molar-refractivity contribution is 0.577. The fraction of sp³-hybridized carbons (Fsp3) is 0.231. The first kappa shape index (κ1) is 9.07. The summed E-state index contributed by atoms with van der Waals surface area (Å²) in [7, 11) is 0. The van der Waals surface area contributed by atoms with Crippen LogP contribution in [0, 0.1) is 0 Å². The predicted octanol–water partition coefficient (Wildman–Crippen LogP) is 4.07.